The standard InChI is InChI=1S/C20H16O2/c1-20-8-4-7-14-11-22-19(17(14)20)18(21)15-9-12-5-2-3-6-13(12)10-16(15)20/h2-3,5-6,9-11H,4,7-8H2,1H3/t20-/m0/s1. The van der Waals surface area contributed by atoms with Gasteiger partial charge in [-0.25, -0.2) is 0 Å². The molecule has 0 unspecified atom stereocenters. The summed E-state index contributed by atoms with van der Waals surface area (Å²) in [6.45, 7) is 2.27. The summed E-state index contributed by atoms with van der Waals surface area (Å²) in [5.74, 6) is 0.612. The van der Waals surface area contributed by atoms with Gasteiger partial charge in [0, 0.05) is 16.5 Å². The van der Waals surface area contributed by atoms with E-state index in [9.17, 15) is 4.79 Å². The first-order valence-corrected chi connectivity index (χ1v) is 7.87. The van der Waals surface area contributed by atoms with Crippen molar-refractivity contribution in [3.63, 3.8) is 0 Å². The zero-order valence-corrected chi connectivity index (χ0v) is 12.5. The Morgan fingerprint density at radius 2 is 1.91 bits per heavy atom. The van der Waals surface area contributed by atoms with Gasteiger partial charge in [0.1, 0.15) is 0 Å². The molecule has 1 aromatic heterocycles. The summed E-state index contributed by atoms with van der Waals surface area (Å²) in [7, 11) is 0. The molecule has 0 saturated heterocycles. The van der Waals surface area contributed by atoms with E-state index in [4.69, 9.17) is 4.42 Å². The number of aryl methyl sites for hydroxylation is 1. The van der Waals surface area contributed by atoms with Crippen LogP contribution in [0.3, 0.4) is 0 Å². The molecule has 0 bridgehead atoms. The quantitative estimate of drug-likeness (QED) is 0.604. The van der Waals surface area contributed by atoms with E-state index in [1.807, 2.05) is 12.1 Å². The highest BCUT2D eigenvalue weighted by atomic mass is 16.3. The minimum Gasteiger partial charge on any atom is -0.460 e. The number of ketones is 1. The predicted molar refractivity (Wildman–Crippen MR) is 85.5 cm³/mol. The molecule has 1 heterocycles. The molecule has 2 aromatic carbocycles. The molecule has 0 spiro atoms. The Morgan fingerprint density at radius 1 is 1.14 bits per heavy atom. The molecule has 2 aliphatic carbocycles. The Bertz CT molecular complexity index is 947. The van der Waals surface area contributed by atoms with Crippen molar-refractivity contribution in [3.05, 3.63) is 70.7 Å². The Hall–Kier alpha value is -2.35. The van der Waals surface area contributed by atoms with Crippen LogP contribution in [0.1, 0.15) is 52.6 Å². The lowest BCUT2D eigenvalue weighted by molar-refractivity contribution is 0.0998. The SMILES string of the molecule is C[C@@]12CCCc3coc(c31)C(=O)c1cc3ccccc3cc12. The highest BCUT2D eigenvalue weighted by Gasteiger charge is 2.45. The maximum absolute atomic E-state index is 12.9. The molecule has 3 aromatic rings. The number of hydrogen-bond donors (Lipinski definition) is 0. The average molecular weight is 288 g/mol. The third kappa shape index (κ3) is 1.33. The predicted octanol–water partition coefficient (Wildman–Crippen LogP) is 4.62. The van der Waals surface area contributed by atoms with Crippen molar-refractivity contribution in [2.45, 2.75) is 31.6 Å². The number of benzene rings is 2. The summed E-state index contributed by atoms with van der Waals surface area (Å²) < 4.78 is 5.69. The molecule has 0 aliphatic heterocycles. The van der Waals surface area contributed by atoms with Gasteiger partial charge >= 0.3 is 0 Å². The molecule has 0 amide bonds. The molecule has 2 aliphatic rings. The van der Waals surface area contributed by atoms with Crippen LogP contribution in [-0.2, 0) is 11.8 Å². The van der Waals surface area contributed by atoms with Crippen LogP contribution in [0.25, 0.3) is 10.8 Å². The normalized spacial score (nSPS) is 22.5. The minimum atomic E-state index is -0.0941. The van der Waals surface area contributed by atoms with Crippen LogP contribution < -0.4 is 0 Å². The number of furan rings is 1. The van der Waals surface area contributed by atoms with Crippen LogP contribution in [0.2, 0.25) is 0 Å². The van der Waals surface area contributed by atoms with E-state index >= 15 is 0 Å². The number of carbonyl (C=O) groups is 1. The van der Waals surface area contributed by atoms with E-state index < -0.39 is 0 Å². The van der Waals surface area contributed by atoms with Gasteiger partial charge in [-0.05, 0) is 53.3 Å². The highest BCUT2D eigenvalue weighted by Crippen LogP contribution is 2.50. The number of fused-ring (bicyclic) bond motifs is 3. The largest absolute Gasteiger partial charge is 0.460 e. The van der Waals surface area contributed by atoms with Gasteiger partial charge in [-0.3, -0.25) is 4.79 Å². The van der Waals surface area contributed by atoms with Gasteiger partial charge < -0.3 is 4.42 Å². The maximum atomic E-state index is 12.9. The third-order valence-corrected chi connectivity index (χ3v) is 5.47. The second kappa shape index (κ2) is 3.89. The lowest BCUT2D eigenvalue weighted by atomic mass is 9.63. The number of rotatable bonds is 0. The van der Waals surface area contributed by atoms with Crippen molar-refractivity contribution in [1.82, 2.24) is 0 Å². The molecule has 22 heavy (non-hydrogen) atoms. The summed E-state index contributed by atoms with van der Waals surface area (Å²) in [5, 5.41) is 2.32. The summed E-state index contributed by atoms with van der Waals surface area (Å²) in [6, 6.07) is 12.5. The molecular weight excluding hydrogens is 272 g/mol. The van der Waals surface area contributed by atoms with Crippen molar-refractivity contribution < 1.29 is 9.21 Å². The van der Waals surface area contributed by atoms with Gasteiger partial charge in [0.2, 0.25) is 5.78 Å². The second-order valence-electron chi connectivity index (χ2n) is 6.72. The van der Waals surface area contributed by atoms with E-state index in [0.717, 1.165) is 35.8 Å². The molecule has 2 heteroatoms. The van der Waals surface area contributed by atoms with Crippen LogP contribution in [0, 0.1) is 0 Å². The zero-order chi connectivity index (χ0) is 14.9. The van der Waals surface area contributed by atoms with Crippen molar-refractivity contribution in [1.29, 1.82) is 0 Å². The summed E-state index contributed by atoms with van der Waals surface area (Å²) >= 11 is 0. The summed E-state index contributed by atoms with van der Waals surface area (Å²) in [6.07, 6.45) is 5.03. The van der Waals surface area contributed by atoms with Crippen molar-refractivity contribution in [2.24, 2.45) is 0 Å². The first kappa shape index (κ1) is 12.2. The van der Waals surface area contributed by atoms with E-state index in [2.05, 4.69) is 31.2 Å². The second-order valence-corrected chi connectivity index (χ2v) is 6.72. The van der Waals surface area contributed by atoms with Gasteiger partial charge in [0.25, 0.3) is 0 Å². The smallest absolute Gasteiger partial charge is 0.228 e. The fourth-order valence-electron chi connectivity index (χ4n) is 4.38. The van der Waals surface area contributed by atoms with Crippen LogP contribution in [0.5, 0.6) is 0 Å². The van der Waals surface area contributed by atoms with Crippen molar-refractivity contribution in [3.8, 4) is 0 Å². The lowest BCUT2D eigenvalue weighted by Gasteiger charge is -2.38. The fourth-order valence-corrected chi connectivity index (χ4v) is 4.38. The third-order valence-electron chi connectivity index (χ3n) is 5.47. The number of carbonyl (C=O) groups excluding carboxylic acids is 1. The summed E-state index contributed by atoms with van der Waals surface area (Å²) in [4.78, 5) is 12.9. The van der Waals surface area contributed by atoms with E-state index in [0.29, 0.717) is 5.76 Å². The van der Waals surface area contributed by atoms with Gasteiger partial charge in [-0.1, -0.05) is 31.2 Å². The average Bonchev–Trinajstić information content (AvgIpc) is 2.98. The van der Waals surface area contributed by atoms with Gasteiger partial charge in [0.15, 0.2) is 5.76 Å². The van der Waals surface area contributed by atoms with E-state index in [1.165, 1.54) is 16.5 Å². The van der Waals surface area contributed by atoms with Gasteiger partial charge in [-0.2, -0.15) is 0 Å². The molecule has 5 rings (SSSR count). The number of hydrogen-bond acceptors (Lipinski definition) is 2. The van der Waals surface area contributed by atoms with Gasteiger partial charge in [-0.15, -0.1) is 0 Å². The first-order valence-electron chi connectivity index (χ1n) is 7.87. The lowest BCUT2D eigenvalue weighted by Crippen LogP contribution is -2.35. The molecule has 1 atom stereocenters. The molecule has 0 fully saturated rings. The van der Waals surface area contributed by atoms with E-state index in [1.54, 1.807) is 6.26 Å². The van der Waals surface area contributed by atoms with Crippen LogP contribution in [-0.4, -0.2) is 5.78 Å². The van der Waals surface area contributed by atoms with Crippen molar-refractivity contribution in [2.75, 3.05) is 0 Å². The summed E-state index contributed by atoms with van der Waals surface area (Å²) in [5.41, 5.74) is 4.26. The zero-order valence-electron chi connectivity index (χ0n) is 12.5. The highest BCUT2D eigenvalue weighted by molar-refractivity contribution is 6.13. The Labute approximate surface area is 128 Å². The fraction of sp³-hybridized carbons (Fsp3) is 0.250. The molecule has 0 saturated carbocycles. The minimum absolute atomic E-state index is 0.0429. The monoisotopic (exact) mass is 288 g/mol. The first-order chi connectivity index (χ1) is 10.7. The Balaban J connectivity index is 1.91. The van der Waals surface area contributed by atoms with Crippen LogP contribution in [0.4, 0.5) is 0 Å². The van der Waals surface area contributed by atoms with Crippen LogP contribution >= 0.6 is 0 Å². The topological polar surface area (TPSA) is 30.2 Å². The van der Waals surface area contributed by atoms with Crippen molar-refractivity contribution >= 4 is 16.6 Å². The molecule has 0 N–H and O–H groups in total. The van der Waals surface area contributed by atoms with Crippen LogP contribution in [0.15, 0.2) is 47.1 Å². The Morgan fingerprint density at radius 3 is 2.73 bits per heavy atom. The molecule has 108 valence electrons. The van der Waals surface area contributed by atoms with E-state index in [-0.39, 0.29) is 11.2 Å². The maximum Gasteiger partial charge on any atom is 0.228 e. The molecular formula is C20H16O2. The molecule has 2 nitrogen and oxygen atoms in total. The Kier molecular flexibility index (Phi) is 2.16. The molecule has 0 radical (unpaired) electrons. The van der Waals surface area contributed by atoms with Gasteiger partial charge in [0.05, 0.1) is 6.26 Å².